The Labute approximate surface area is 177 Å². The van der Waals surface area contributed by atoms with Crippen LogP contribution in [-0.2, 0) is 6.42 Å². The van der Waals surface area contributed by atoms with E-state index < -0.39 is 6.10 Å². The van der Waals surface area contributed by atoms with E-state index in [0.717, 1.165) is 5.56 Å². The van der Waals surface area contributed by atoms with Crippen LogP contribution in [0.5, 0.6) is 34.5 Å². The van der Waals surface area contributed by atoms with E-state index in [0.29, 0.717) is 40.4 Å². The minimum atomic E-state index is -0.802. The van der Waals surface area contributed by atoms with Gasteiger partial charge in [0.15, 0.2) is 23.0 Å². The molecule has 0 saturated heterocycles. The Morgan fingerprint density at radius 3 is 1.90 bits per heavy atom. The van der Waals surface area contributed by atoms with E-state index in [2.05, 4.69) is 6.92 Å². The summed E-state index contributed by atoms with van der Waals surface area (Å²) in [5.41, 5.74) is 2.78. The predicted molar refractivity (Wildman–Crippen MR) is 113 cm³/mol. The molecular formula is C23H30O7. The number of methoxy groups -OCH3 is 5. The van der Waals surface area contributed by atoms with E-state index in [4.69, 9.17) is 23.7 Å². The molecule has 0 heterocycles. The molecule has 2 N–H and O–H groups in total. The first-order valence-electron chi connectivity index (χ1n) is 9.82. The van der Waals surface area contributed by atoms with Crippen molar-refractivity contribution < 1.29 is 33.9 Å². The van der Waals surface area contributed by atoms with Crippen molar-refractivity contribution >= 4 is 0 Å². The molecule has 0 fully saturated rings. The first-order chi connectivity index (χ1) is 14.3. The summed E-state index contributed by atoms with van der Waals surface area (Å²) in [5, 5.41) is 22.1. The van der Waals surface area contributed by atoms with Crippen LogP contribution in [-0.4, -0.2) is 45.8 Å². The highest BCUT2D eigenvalue weighted by Crippen LogP contribution is 2.57. The normalized spacial score (nSPS) is 20.3. The second-order valence-corrected chi connectivity index (χ2v) is 7.59. The second-order valence-electron chi connectivity index (χ2n) is 7.59. The van der Waals surface area contributed by atoms with Gasteiger partial charge in [-0.15, -0.1) is 0 Å². The molecule has 3 unspecified atom stereocenters. The van der Waals surface area contributed by atoms with Crippen molar-refractivity contribution in [3.05, 3.63) is 23.3 Å². The van der Waals surface area contributed by atoms with Crippen LogP contribution in [0, 0.1) is 11.8 Å². The maximum Gasteiger partial charge on any atom is 0.203 e. The van der Waals surface area contributed by atoms with Gasteiger partial charge in [-0.3, -0.25) is 0 Å². The minimum Gasteiger partial charge on any atom is -0.502 e. The van der Waals surface area contributed by atoms with Crippen molar-refractivity contribution in [1.82, 2.24) is 0 Å². The summed E-state index contributed by atoms with van der Waals surface area (Å²) in [6.45, 7) is 4.11. The van der Waals surface area contributed by atoms with Crippen molar-refractivity contribution in [1.29, 1.82) is 0 Å². The first-order valence-corrected chi connectivity index (χ1v) is 9.82. The molecule has 0 aliphatic heterocycles. The van der Waals surface area contributed by atoms with Crippen molar-refractivity contribution in [3.63, 3.8) is 0 Å². The summed E-state index contributed by atoms with van der Waals surface area (Å²) in [7, 11) is 7.60. The van der Waals surface area contributed by atoms with Crippen molar-refractivity contribution in [2.24, 2.45) is 11.8 Å². The molecular weight excluding hydrogens is 388 g/mol. The van der Waals surface area contributed by atoms with E-state index in [1.54, 1.807) is 27.4 Å². The Morgan fingerprint density at radius 2 is 1.37 bits per heavy atom. The van der Waals surface area contributed by atoms with Gasteiger partial charge in [0.05, 0.1) is 41.7 Å². The summed E-state index contributed by atoms with van der Waals surface area (Å²) < 4.78 is 27.9. The standard InChI is InChI=1S/C23H30O7/c1-11-8-13-9-16(27-4)21(28-5)23(30-7)17(13)18-14(19(24)12(11)2)10-15(26-3)20(25)22(18)29-6/h9-12,19,24-25H,8H2,1-7H3. The molecule has 2 aromatic rings. The van der Waals surface area contributed by atoms with E-state index >= 15 is 0 Å². The first kappa shape index (κ1) is 21.9. The Kier molecular flexibility index (Phi) is 6.22. The highest BCUT2D eigenvalue weighted by molar-refractivity contribution is 5.88. The van der Waals surface area contributed by atoms with Crippen LogP contribution in [0.1, 0.15) is 31.1 Å². The van der Waals surface area contributed by atoms with Gasteiger partial charge in [-0.25, -0.2) is 0 Å². The van der Waals surface area contributed by atoms with Crippen LogP contribution < -0.4 is 23.7 Å². The Bertz CT molecular complexity index is 938. The molecule has 1 aliphatic rings. The number of aromatic hydroxyl groups is 1. The zero-order valence-electron chi connectivity index (χ0n) is 18.5. The summed E-state index contributed by atoms with van der Waals surface area (Å²) in [6.07, 6.45) is -0.135. The molecule has 0 radical (unpaired) electrons. The molecule has 0 aromatic heterocycles. The number of fused-ring (bicyclic) bond motifs is 3. The number of hydrogen-bond donors (Lipinski definition) is 2. The van der Waals surface area contributed by atoms with Crippen LogP contribution in [0.15, 0.2) is 12.1 Å². The van der Waals surface area contributed by atoms with Crippen molar-refractivity contribution in [2.75, 3.05) is 35.5 Å². The molecule has 30 heavy (non-hydrogen) atoms. The molecule has 0 bridgehead atoms. The fourth-order valence-electron chi connectivity index (χ4n) is 4.26. The third-order valence-corrected chi connectivity index (χ3v) is 6.09. The quantitative estimate of drug-likeness (QED) is 0.760. The molecule has 2 aromatic carbocycles. The Morgan fingerprint density at radius 1 is 0.767 bits per heavy atom. The number of aliphatic hydroxyl groups is 1. The molecule has 7 nitrogen and oxygen atoms in total. The number of ether oxygens (including phenoxy) is 5. The molecule has 1 aliphatic carbocycles. The number of hydrogen-bond acceptors (Lipinski definition) is 7. The Balaban J connectivity index is 2.54. The monoisotopic (exact) mass is 418 g/mol. The topological polar surface area (TPSA) is 86.6 Å². The molecule has 7 heteroatoms. The highest BCUT2D eigenvalue weighted by atomic mass is 16.5. The highest BCUT2D eigenvalue weighted by Gasteiger charge is 2.36. The lowest BCUT2D eigenvalue weighted by Crippen LogP contribution is -2.23. The van der Waals surface area contributed by atoms with Gasteiger partial charge in [0.1, 0.15) is 0 Å². The van der Waals surface area contributed by atoms with E-state index in [1.165, 1.54) is 14.2 Å². The second kappa shape index (κ2) is 8.52. The molecule has 3 rings (SSSR count). The maximum atomic E-state index is 11.3. The molecule has 0 amide bonds. The third-order valence-electron chi connectivity index (χ3n) is 6.09. The Hall–Kier alpha value is -2.80. The lowest BCUT2D eigenvalue weighted by atomic mass is 9.76. The molecule has 0 spiro atoms. The van der Waals surface area contributed by atoms with Gasteiger partial charge in [-0.1, -0.05) is 13.8 Å². The molecule has 164 valence electrons. The number of aliphatic hydroxyl groups excluding tert-OH is 1. The van der Waals surface area contributed by atoms with E-state index in [9.17, 15) is 10.2 Å². The third kappa shape index (κ3) is 3.27. The van der Waals surface area contributed by atoms with Gasteiger partial charge in [0.25, 0.3) is 0 Å². The molecule has 0 saturated carbocycles. The number of phenols is 1. The fourth-order valence-corrected chi connectivity index (χ4v) is 4.26. The van der Waals surface area contributed by atoms with Gasteiger partial charge in [0, 0.05) is 11.1 Å². The lowest BCUT2D eigenvalue weighted by Gasteiger charge is -2.33. The van der Waals surface area contributed by atoms with Crippen molar-refractivity contribution in [3.8, 4) is 45.6 Å². The van der Waals surface area contributed by atoms with E-state index in [1.807, 2.05) is 13.0 Å². The average Bonchev–Trinajstić information content (AvgIpc) is 2.76. The number of phenolic OH excluding ortho intramolecular Hbond substituents is 1. The van der Waals surface area contributed by atoms with E-state index in [-0.39, 0.29) is 29.1 Å². The van der Waals surface area contributed by atoms with Gasteiger partial charge >= 0.3 is 0 Å². The van der Waals surface area contributed by atoms with Gasteiger partial charge in [-0.05, 0) is 41.5 Å². The summed E-state index contributed by atoms with van der Waals surface area (Å²) in [4.78, 5) is 0. The predicted octanol–water partition coefficient (Wildman–Crippen LogP) is 3.96. The number of rotatable bonds is 5. The van der Waals surface area contributed by atoms with Gasteiger partial charge < -0.3 is 33.9 Å². The van der Waals surface area contributed by atoms with Crippen LogP contribution in [0.4, 0.5) is 0 Å². The van der Waals surface area contributed by atoms with Crippen LogP contribution in [0.2, 0.25) is 0 Å². The van der Waals surface area contributed by atoms with Crippen LogP contribution in [0.3, 0.4) is 0 Å². The smallest absolute Gasteiger partial charge is 0.203 e. The van der Waals surface area contributed by atoms with Gasteiger partial charge in [-0.2, -0.15) is 0 Å². The van der Waals surface area contributed by atoms with Crippen LogP contribution >= 0.6 is 0 Å². The number of benzene rings is 2. The largest absolute Gasteiger partial charge is 0.502 e. The van der Waals surface area contributed by atoms with Crippen LogP contribution in [0.25, 0.3) is 11.1 Å². The maximum absolute atomic E-state index is 11.3. The lowest BCUT2D eigenvalue weighted by molar-refractivity contribution is 0.0862. The average molecular weight is 418 g/mol. The van der Waals surface area contributed by atoms with Crippen molar-refractivity contribution in [2.45, 2.75) is 26.4 Å². The zero-order chi connectivity index (χ0) is 22.2. The van der Waals surface area contributed by atoms with Gasteiger partial charge in [0.2, 0.25) is 11.5 Å². The minimum absolute atomic E-state index is 0.0602. The summed E-state index contributed by atoms with van der Waals surface area (Å²) in [5.74, 6) is 1.81. The SMILES string of the molecule is COc1cc2c(c(OC)c1O)-c1c(cc(OC)c(OC)c1OC)CC(C)C(C)C2O. The molecule has 3 atom stereocenters. The summed E-state index contributed by atoms with van der Waals surface area (Å²) >= 11 is 0. The fraction of sp³-hybridized carbons (Fsp3) is 0.478. The zero-order valence-corrected chi connectivity index (χ0v) is 18.5. The summed E-state index contributed by atoms with van der Waals surface area (Å²) in [6, 6.07) is 3.58.